The maximum absolute atomic E-state index is 13.1. The Morgan fingerprint density at radius 2 is 1.90 bits per heavy atom. The van der Waals surface area contributed by atoms with Crippen molar-refractivity contribution in [1.29, 1.82) is 0 Å². The highest BCUT2D eigenvalue weighted by molar-refractivity contribution is 6.17. The second kappa shape index (κ2) is 5.25. The third kappa shape index (κ3) is 2.18. The molecule has 1 aromatic heterocycles. The van der Waals surface area contributed by atoms with E-state index in [1.165, 1.54) is 12.1 Å². The Hall–Kier alpha value is -1.87. The van der Waals surface area contributed by atoms with Crippen molar-refractivity contribution in [3.05, 3.63) is 59.7 Å². The van der Waals surface area contributed by atoms with E-state index in [1.54, 1.807) is 12.1 Å². The van der Waals surface area contributed by atoms with Gasteiger partial charge in [-0.15, -0.1) is 11.6 Å². The van der Waals surface area contributed by atoms with E-state index in [-0.39, 0.29) is 5.82 Å². The van der Waals surface area contributed by atoms with Gasteiger partial charge in [0, 0.05) is 18.0 Å². The summed E-state index contributed by atoms with van der Waals surface area (Å²) in [5.74, 6) is 1.16. The normalized spacial score (nSPS) is 11.2. The van der Waals surface area contributed by atoms with Crippen LogP contribution in [-0.2, 0) is 6.42 Å². The molecule has 20 heavy (non-hydrogen) atoms. The summed E-state index contributed by atoms with van der Waals surface area (Å²) in [6, 6.07) is 12.5. The van der Waals surface area contributed by atoms with Crippen molar-refractivity contribution >= 4 is 22.6 Å². The average molecular weight is 289 g/mol. The number of alkyl halides is 1. The largest absolute Gasteiger partial charge is 0.296 e. The summed E-state index contributed by atoms with van der Waals surface area (Å²) < 4.78 is 15.2. The molecule has 0 atom stereocenters. The molecule has 2 nitrogen and oxygen atoms in total. The van der Waals surface area contributed by atoms with Crippen LogP contribution in [0.3, 0.4) is 0 Å². The van der Waals surface area contributed by atoms with Gasteiger partial charge in [0.1, 0.15) is 11.6 Å². The van der Waals surface area contributed by atoms with Gasteiger partial charge in [0.2, 0.25) is 0 Å². The van der Waals surface area contributed by atoms with E-state index in [0.717, 1.165) is 28.1 Å². The smallest absolute Gasteiger partial charge is 0.123 e. The molecular formula is C16H14ClFN2. The van der Waals surface area contributed by atoms with Gasteiger partial charge in [0.05, 0.1) is 11.0 Å². The number of aryl methyl sites for hydroxylation is 2. The van der Waals surface area contributed by atoms with Crippen molar-refractivity contribution in [1.82, 2.24) is 9.55 Å². The lowest BCUT2D eigenvalue weighted by Gasteiger charge is -2.10. The van der Waals surface area contributed by atoms with E-state index in [2.05, 4.69) is 22.5 Å². The molecule has 0 fully saturated rings. The predicted molar refractivity (Wildman–Crippen MR) is 80.2 cm³/mol. The van der Waals surface area contributed by atoms with Crippen LogP contribution in [0.4, 0.5) is 4.39 Å². The van der Waals surface area contributed by atoms with Gasteiger partial charge in [-0.2, -0.15) is 0 Å². The molecule has 0 N–H and O–H groups in total. The molecule has 4 heteroatoms. The zero-order valence-electron chi connectivity index (χ0n) is 11.1. The standard InChI is InChI=1S/C16H14ClFN2/c1-11-3-2-4-14-16(11)20(15(19-14)9-10-17)13-7-5-12(18)6-8-13/h2-8H,9-10H2,1H3. The Morgan fingerprint density at radius 3 is 2.60 bits per heavy atom. The van der Waals surface area contributed by atoms with Gasteiger partial charge in [0.25, 0.3) is 0 Å². The molecule has 0 bridgehead atoms. The number of imidazole rings is 1. The average Bonchev–Trinajstić information content (AvgIpc) is 2.80. The minimum absolute atomic E-state index is 0.242. The van der Waals surface area contributed by atoms with Crippen molar-refractivity contribution in [2.45, 2.75) is 13.3 Å². The lowest BCUT2D eigenvalue weighted by Crippen LogP contribution is -2.03. The lowest BCUT2D eigenvalue weighted by atomic mass is 10.2. The van der Waals surface area contributed by atoms with Crippen LogP contribution in [0.15, 0.2) is 42.5 Å². The fraction of sp³-hybridized carbons (Fsp3) is 0.188. The quantitative estimate of drug-likeness (QED) is 0.659. The second-order valence-corrected chi connectivity index (χ2v) is 5.10. The highest BCUT2D eigenvalue weighted by Gasteiger charge is 2.13. The zero-order valence-corrected chi connectivity index (χ0v) is 11.9. The Labute approximate surface area is 121 Å². The molecule has 0 saturated heterocycles. The molecule has 0 saturated carbocycles. The second-order valence-electron chi connectivity index (χ2n) is 4.72. The van der Waals surface area contributed by atoms with Crippen LogP contribution in [0, 0.1) is 12.7 Å². The molecule has 0 spiro atoms. The van der Waals surface area contributed by atoms with Crippen LogP contribution < -0.4 is 0 Å². The molecule has 2 aromatic carbocycles. The van der Waals surface area contributed by atoms with Crippen molar-refractivity contribution in [2.24, 2.45) is 0 Å². The third-order valence-electron chi connectivity index (χ3n) is 3.35. The van der Waals surface area contributed by atoms with Gasteiger partial charge in [-0.1, -0.05) is 12.1 Å². The number of fused-ring (bicyclic) bond motifs is 1. The van der Waals surface area contributed by atoms with Gasteiger partial charge in [-0.3, -0.25) is 4.57 Å². The topological polar surface area (TPSA) is 17.8 Å². The van der Waals surface area contributed by atoms with Crippen LogP contribution in [-0.4, -0.2) is 15.4 Å². The van der Waals surface area contributed by atoms with Gasteiger partial charge < -0.3 is 0 Å². The SMILES string of the molecule is Cc1cccc2nc(CCCl)n(-c3ccc(F)cc3)c12. The highest BCUT2D eigenvalue weighted by Crippen LogP contribution is 2.25. The zero-order chi connectivity index (χ0) is 14.1. The molecule has 3 rings (SSSR count). The Morgan fingerprint density at radius 1 is 1.15 bits per heavy atom. The molecule has 0 aliphatic carbocycles. The highest BCUT2D eigenvalue weighted by atomic mass is 35.5. The number of rotatable bonds is 3. The van der Waals surface area contributed by atoms with Crippen molar-refractivity contribution in [3.63, 3.8) is 0 Å². The van der Waals surface area contributed by atoms with E-state index >= 15 is 0 Å². The van der Waals surface area contributed by atoms with Gasteiger partial charge in [0.15, 0.2) is 0 Å². The molecule has 0 aliphatic heterocycles. The maximum Gasteiger partial charge on any atom is 0.123 e. The maximum atomic E-state index is 13.1. The van der Waals surface area contributed by atoms with Crippen molar-refractivity contribution < 1.29 is 4.39 Å². The van der Waals surface area contributed by atoms with E-state index in [9.17, 15) is 4.39 Å². The van der Waals surface area contributed by atoms with E-state index in [4.69, 9.17) is 11.6 Å². The molecular weight excluding hydrogens is 275 g/mol. The number of hydrogen-bond acceptors (Lipinski definition) is 1. The Kier molecular flexibility index (Phi) is 3.45. The molecule has 0 amide bonds. The van der Waals surface area contributed by atoms with Gasteiger partial charge in [-0.05, 0) is 42.8 Å². The van der Waals surface area contributed by atoms with E-state index < -0.39 is 0 Å². The van der Waals surface area contributed by atoms with Gasteiger partial charge >= 0.3 is 0 Å². The minimum atomic E-state index is -0.242. The number of halogens is 2. The van der Waals surface area contributed by atoms with Crippen LogP contribution in [0.5, 0.6) is 0 Å². The minimum Gasteiger partial charge on any atom is -0.296 e. The van der Waals surface area contributed by atoms with Crippen LogP contribution in [0.2, 0.25) is 0 Å². The first-order valence-corrected chi connectivity index (χ1v) is 7.03. The Balaban J connectivity index is 2.30. The van der Waals surface area contributed by atoms with Crippen LogP contribution in [0.25, 0.3) is 16.7 Å². The fourth-order valence-corrected chi connectivity index (χ4v) is 2.63. The molecule has 0 aliphatic rings. The summed E-state index contributed by atoms with van der Waals surface area (Å²) in [5.41, 5.74) is 4.04. The third-order valence-corrected chi connectivity index (χ3v) is 3.54. The molecule has 102 valence electrons. The summed E-state index contributed by atoms with van der Waals surface area (Å²) in [6.07, 6.45) is 0.674. The molecule has 1 heterocycles. The van der Waals surface area contributed by atoms with Gasteiger partial charge in [-0.25, -0.2) is 9.37 Å². The van der Waals surface area contributed by atoms with Crippen molar-refractivity contribution in [3.8, 4) is 5.69 Å². The lowest BCUT2D eigenvalue weighted by molar-refractivity contribution is 0.627. The number of hydrogen-bond donors (Lipinski definition) is 0. The number of nitrogens with zero attached hydrogens (tertiary/aromatic N) is 2. The first-order valence-electron chi connectivity index (χ1n) is 6.49. The summed E-state index contributed by atoms with van der Waals surface area (Å²) in [7, 11) is 0. The van der Waals surface area contributed by atoms with Crippen LogP contribution >= 0.6 is 11.6 Å². The van der Waals surface area contributed by atoms with E-state index in [1.807, 2.05) is 12.1 Å². The first kappa shape index (κ1) is 13.1. The van der Waals surface area contributed by atoms with E-state index in [0.29, 0.717) is 12.3 Å². The Bertz CT molecular complexity index is 747. The van der Waals surface area contributed by atoms with Crippen molar-refractivity contribution in [2.75, 3.05) is 5.88 Å². The molecule has 0 radical (unpaired) electrons. The fourth-order valence-electron chi connectivity index (χ4n) is 2.46. The summed E-state index contributed by atoms with van der Waals surface area (Å²) in [4.78, 5) is 4.65. The molecule has 0 unspecified atom stereocenters. The number of benzene rings is 2. The number of para-hydroxylation sites is 1. The summed E-state index contributed by atoms with van der Waals surface area (Å²) in [5, 5.41) is 0. The molecule has 3 aromatic rings. The first-order chi connectivity index (χ1) is 9.70. The summed E-state index contributed by atoms with van der Waals surface area (Å²) in [6.45, 7) is 2.05. The predicted octanol–water partition coefficient (Wildman–Crippen LogP) is 4.25. The number of aromatic nitrogens is 2. The van der Waals surface area contributed by atoms with Crippen LogP contribution in [0.1, 0.15) is 11.4 Å². The summed E-state index contributed by atoms with van der Waals surface area (Å²) >= 11 is 5.87. The monoisotopic (exact) mass is 288 g/mol.